The fourth-order valence-corrected chi connectivity index (χ4v) is 6.86. The fourth-order valence-electron chi connectivity index (χ4n) is 6.86. The average Bonchev–Trinajstić information content (AvgIpc) is 1.48. The number of hydrogen-bond donors (Lipinski definition) is 0. The highest BCUT2D eigenvalue weighted by Gasteiger charge is 2.21. The summed E-state index contributed by atoms with van der Waals surface area (Å²) in [4.78, 5) is 14.6. The van der Waals surface area contributed by atoms with Crippen LogP contribution < -0.4 is 0 Å². The first-order valence-corrected chi connectivity index (χ1v) is 18.6. The first kappa shape index (κ1) is 18.4. The van der Waals surface area contributed by atoms with Crippen molar-refractivity contribution in [2.24, 2.45) is 0 Å². The van der Waals surface area contributed by atoms with E-state index in [9.17, 15) is 11.0 Å². The van der Waals surface area contributed by atoms with Gasteiger partial charge in [-0.05, 0) is 92.9 Å². The maximum Gasteiger partial charge on any atom is 0.166 e. The topological polar surface area (TPSA) is 43.6 Å². The van der Waals surface area contributed by atoms with E-state index >= 15 is 0 Å². The summed E-state index contributed by atoms with van der Waals surface area (Å²) in [6, 6.07) is -0.353. The van der Waals surface area contributed by atoms with Crippen molar-refractivity contribution in [1.82, 2.24) is 19.5 Å². The molecule has 0 aliphatic rings. The Balaban J connectivity index is 1.38. The minimum atomic E-state index is -0.942. The lowest BCUT2D eigenvalue weighted by Gasteiger charge is -2.17. The molecule has 0 amide bonds. The Morgan fingerprint density at radius 2 is 0.803 bits per heavy atom. The summed E-state index contributed by atoms with van der Waals surface area (Å²) in [6.07, 6.45) is 0. The zero-order chi connectivity index (χ0) is 62.3. The number of hydrogen-bond acceptors (Lipinski definition) is 3. The second-order valence-electron chi connectivity index (χ2n) is 13.3. The second-order valence-corrected chi connectivity index (χ2v) is 13.3. The Bertz CT molecular complexity index is 4580. The van der Waals surface area contributed by atoms with E-state index in [4.69, 9.17) is 38.3 Å². The molecule has 11 rings (SSSR count). The molecule has 0 unspecified atom stereocenters. The predicted octanol–water partition coefficient (Wildman–Crippen LogP) is 14.6. The van der Waals surface area contributed by atoms with E-state index in [1.807, 2.05) is 0 Å². The predicted molar refractivity (Wildman–Crippen MR) is 252 cm³/mol. The van der Waals surface area contributed by atoms with Crippen molar-refractivity contribution in [3.63, 3.8) is 0 Å². The van der Waals surface area contributed by atoms with E-state index in [2.05, 4.69) is 0 Å². The van der Waals surface area contributed by atoms with Crippen LogP contribution in [0.4, 0.5) is 0 Å². The molecule has 0 radical (unpaired) electrons. The lowest BCUT2D eigenvalue weighted by atomic mass is 9.92. The van der Waals surface area contributed by atoms with Gasteiger partial charge in [0, 0.05) is 27.5 Å². The minimum Gasteiger partial charge on any atom is -0.308 e. The molecule has 0 atom stereocenters. The molecule has 0 bridgehead atoms. The van der Waals surface area contributed by atoms with Gasteiger partial charge in [0.1, 0.15) is 0 Å². The van der Waals surface area contributed by atoms with E-state index in [1.165, 1.54) is 18.2 Å². The van der Waals surface area contributed by atoms with E-state index in [-0.39, 0.29) is 34.3 Å². The van der Waals surface area contributed by atoms with E-state index < -0.39 is 212 Å². The third kappa shape index (κ3) is 6.86. The van der Waals surface area contributed by atoms with Crippen LogP contribution in [0.5, 0.6) is 0 Å². The molecule has 0 aliphatic carbocycles. The Morgan fingerprint density at radius 3 is 1.38 bits per heavy atom. The van der Waals surface area contributed by atoms with Gasteiger partial charge in [-0.15, -0.1) is 0 Å². The van der Waals surface area contributed by atoms with Crippen LogP contribution in [0, 0.1) is 0 Å². The molecule has 2 heterocycles. The minimum absolute atomic E-state index is 0.0734. The number of para-hydroxylation sites is 1. The zero-order valence-electron chi connectivity index (χ0n) is 56.3. The molecule has 4 heteroatoms. The van der Waals surface area contributed by atoms with Gasteiger partial charge >= 0.3 is 0 Å². The van der Waals surface area contributed by atoms with Gasteiger partial charge in [-0.3, -0.25) is 0 Å². The molecule has 286 valence electrons. The van der Waals surface area contributed by atoms with Gasteiger partial charge in [-0.25, -0.2) is 15.0 Å². The highest BCUT2D eigenvalue weighted by molar-refractivity contribution is 6.11. The zero-order valence-corrected chi connectivity index (χ0v) is 31.3. The van der Waals surface area contributed by atoms with Crippen molar-refractivity contribution in [3.8, 4) is 84.4 Å². The summed E-state index contributed by atoms with van der Waals surface area (Å²) in [5, 5.41) is -0.919. The van der Waals surface area contributed by atoms with E-state index in [1.54, 1.807) is 60.7 Å². The SMILES string of the molecule is [2H]c1c([2H])c([2H])c(-c2c([2H])c(-c3ccc(-c4nc(-c5ccccc5)nc(-c5ccccc5)n4)c(-n4c5c([2H])c([2H])c([2H])c([2H])c5c5c([2H])c(-c6c([2H])c([2H])c([2H])c([2H])c6[2H])c([2H])c([2H])c54)c3)c([2H])c(-c3c([2H])c([2H])c([2H])c([2H])c3[2H])c2[2H])c([2H])c1[2H]. The summed E-state index contributed by atoms with van der Waals surface area (Å²) in [5.41, 5.74) is -5.46. The van der Waals surface area contributed by atoms with Gasteiger partial charge in [0.2, 0.25) is 0 Å². The van der Waals surface area contributed by atoms with E-state index in [0.29, 0.717) is 11.1 Å². The van der Waals surface area contributed by atoms with Crippen LogP contribution in [0.3, 0.4) is 0 Å². The smallest absolute Gasteiger partial charge is 0.166 e. The first-order valence-electron chi connectivity index (χ1n) is 31.1. The van der Waals surface area contributed by atoms with Crippen LogP contribution in [0.2, 0.25) is 0 Å². The van der Waals surface area contributed by atoms with Gasteiger partial charge in [-0.2, -0.15) is 0 Å². The molecule has 0 fully saturated rings. The normalized spacial score (nSPS) is 17.0. The third-order valence-electron chi connectivity index (χ3n) is 9.63. The number of fused-ring (bicyclic) bond motifs is 3. The van der Waals surface area contributed by atoms with E-state index in [0.717, 1.165) is 4.57 Å². The molecule has 61 heavy (non-hydrogen) atoms. The molecule has 0 saturated carbocycles. The van der Waals surface area contributed by atoms with Crippen LogP contribution in [0.1, 0.15) is 34.3 Å². The number of nitrogens with zero attached hydrogens (tertiary/aromatic N) is 4. The quantitative estimate of drug-likeness (QED) is 0.154. The molecule has 0 N–H and O–H groups in total. The maximum absolute atomic E-state index is 9.97. The van der Waals surface area contributed by atoms with Crippen molar-refractivity contribution >= 4 is 21.8 Å². The fraction of sp³-hybridized carbons (Fsp3) is 0. The molecular formula is C57H38N4. The highest BCUT2D eigenvalue weighted by Crippen LogP contribution is 2.41. The van der Waals surface area contributed by atoms with Crippen LogP contribution in [-0.4, -0.2) is 19.5 Å². The number of benzene rings is 9. The van der Waals surface area contributed by atoms with Gasteiger partial charge in [0.15, 0.2) is 17.5 Å². The van der Waals surface area contributed by atoms with Crippen molar-refractivity contribution in [2.45, 2.75) is 0 Å². The van der Waals surface area contributed by atoms with Crippen LogP contribution in [0.15, 0.2) is 230 Å². The largest absolute Gasteiger partial charge is 0.308 e. The van der Waals surface area contributed by atoms with Gasteiger partial charge in [-0.1, -0.05) is 182 Å². The maximum atomic E-state index is 9.97. The summed E-state index contributed by atoms with van der Waals surface area (Å²) < 4.78 is 227. The molecule has 9 aromatic carbocycles. The molecule has 0 saturated heterocycles. The Kier molecular flexibility index (Phi) is 4.67. The van der Waals surface area contributed by atoms with Gasteiger partial charge < -0.3 is 4.57 Å². The van der Waals surface area contributed by atoms with Crippen molar-refractivity contribution < 1.29 is 34.3 Å². The summed E-state index contributed by atoms with van der Waals surface area (Å²) in [7, 11) is 0. The Morgan fingerprint density at radius 1 is 0.328 bits per heavy atom. The standard InChI is InChI=1S/C57H38N4/c1-6-18-39(19-7-1)44-31-33-53-51(37-44)49-28-16-17-29-52(49)61(53)54-38-45(48-35-46(40-20-8-2-9-21-40)34-47(36-48)41-22-10-3-11-23-41)30-32-50(54)57-59-55(42-24-12-4-13-25-42)58-56(60-57)43-26-14-5-15-27-43/h1-38H/i1D,2D,3D,6D,7D,8D,9D,10D,11D,16D,17D,18D,19D,20D,21D,22D,23D,28D,29D,31D,33D,34D,35D,36D,37D. The first-order chi connectivity index (χ1) is 40.6. The Labute approximate surface area is 389 Å². The molecular weight excluding hydrogens is 741 g/mol. The summed E-state index contributed by atoms with van der Waals surface area (Å²) in [6.45, 7) is 0. The number of rotatable bonds is 8. The van der Waals surface area contributed by atoms with Crippen LogP contribution in [0.25, 0.3) is 106 Å². The lowest BCUT2D eigenvalue weighted by molar-refractivity contribution is 1.06. The van der Waals surface area contributed by atoms with Crippen LogP contribution >= 0.6 is 0 Å². The third-order valence-corrected chi connectivity index (χ3v) is 9.63. The van der Waals surface area contributed by atoms with Crippen molar-refractivity contribution in [1.29, 1.82) is 0 Å². The summed E-state index contributed by atoms with van der Waals surface area (Å²) >= 11 is 0. The lowest BCUT2D eigenvalue weighted by Crippen LogP contribution is -2.04. The molecule has 2 aromatic heterocycles. The van der Waals surface area contributed by atoms with Crippen molar-refractivity contribution in [3.05, 3.63) is 230 Å². The monoisotopic (exact) mass is 803 g/mol. The molecule has 4 nitrogen and oxygen atoms in total. The van der Waals surface area contributed by atoms with Gasteiger partial charge in [0.05, 0.1) is 51.0 Å². The van der Waals surface area contributed by atoms with Gasteiger partial charge in [0.25, 0.3) is 0 Å². The van der Waals surface area contributed by atoms with Crippen molar-refractivity contribution in [2.75, 3.05) is 0 Å². The summed E-state index contributed by atoms with van der Waals surface area (Å²) in [5.74, 6) is 0.0201. The second kappa shape index (κ2) is 15.5. The molecule has 0 spiro atoms. The average molecular weight is 804 g/mol. The highest BCUT2D eigenvalue weighted by atomic mass is 15.1. The molecule has 11 aromatic rings. The number of aromatic nitrogens is 4. The Hall–Kier alpha value is -8.21. The van der Waals surface area contributed by atoms with Crippen LogP contribution in [-0.2, 0) is 0 Å². The molecule has 0 aliphatic heterocycles.